The number of nitrogens with one attached hydrogen (secondary N) is 1. The smallest absolute Gasteiger partial charge is 0.291 e. The maximum absolute atomic E-state index is 13.3. The molecular weight excluding hydrogens is 335 g/mol. The molecule has 0 fully saturated rings. The number of benzene rings is 2. The van der Waals surface area contributed by atoms with Gasteiger partial charge in [0.15, 0.2) is 5.76 Å². The van der Waals surface area contributed by atoms with Gasteiger partial charge in [-0.15, -0.1) is 0 Å². The van der Waals surface area contributed by atoms with Crippen LogP contribution >= 0.6 is 0 Å². The molecule has 124 valence electrons. The van der Waals surface area contributed by atoms with Gasteiger partial charge in [0.2, 0.25) is 10.0 Å². The number of primary sulfonamides is 1. The summed E-state index contributed by atoms with van der Waals surface area (Å²) in [7, 11) is -3.80. The number of hydrogen-bond acceptors (Lipinski definition) is 4. The van der Waals surface area contributed by atoms with Gasteiger partial charge >= 0.3 is 0 Å². The van der Waals surface area contributed by atoms with Gasteiger partial charge in [-0.2, -0.15) is 0 Å². The molecule has 24 heavy (non-hydrogen) atoms. The lowest BCUT2D eigenvalue weighted by Crippen LogP contribution is -2.14. The summed E-state index contributed by atoms with van der Waals surface area (Å²) < 4.78 is 41.2. The first-order chi connectivity index (χ1) is 11.3. The molecule has 1 aromatic heterocycles. The molecule has 0 spiro atoms. The lowest BCUT2D eigenvalue weighted by molar-refractivity contribution is 0.0998. The van der Waals surface area contributed by atoms with Crippen LogP contribution in [0.3, 0.4) is 0 Å². The van der Waals surface area contributed by atoms with Gasteiger partial charge in [-0.05, 0) is 49.4 Å². The van der Waals surface area contributed by atoms with Crippen molar-refractivity contribution >= 4 is 32.6 Å². The van der Waals surface area contributed by atoms with E-state index in [-0.39, 0.29) is 10.7 Å². The number of halogens is 1. The third kappa shape index (κ3) is 3.01. The van der Waals surface area contributed by atoms with E-state index in [1.807, 2.05) is 0 Å². The molecule has 6 nitrogen and oxygen atoms in total. The minimum atomic E-state index is -3.80. The van der Waals surface area contributed by atoms with Crippen molar-refractivity contribution in [3.05, 3.63) is 59.6 Å². The van der Waals surface area contributed by atoms with Crippen LogP contribution in [0.2, 0.25) is 0 Å². The lowest BCUT2D eigenvalue weighted by atomic mass is 10.1. The fourth-order valence-electron chi connectivity index (χ4n) is 2.33. The largest absolute Gasteiger partial charge is 0.451 e. The van der Waals surface area contributed by atoms with Gasteiger partial charge < -0.3 is 9.73 Å². The summed E-state index contributed by atoms with van der Waals surface area (Å²) in [6, 6.07) is 9.39. The van der Waals surface area contributed by atoms with Crippen molar-refractivity contribution in [1.82, 2.24) is 0 Å². The summed E-state index contributed by atoms with van der Waals surface area (Å²) in [6.07, 6.45) is 0. The fourth-order valence-corrected chi connectivity index (χ4v) is 2.84. The third-order valence-corrected chi connectivity index (χ3v) is 4.47. The van der Waals surface area contributed by atoms with Crippen LogP contribution in [0.1, 0.15) is 16.1 Å². The Bertz CT molecular complexity index is 1040. The highest BCUT2D eigenvalue weighted by atomic mass is 32.2. The molecule has 0 unspecified atom stereocenters. The number of fused-ring (bicyclic) bond motifs is 1. The number of furan rings is 1. The molecule has 8 heteroatoms. The number of carbonyl (C=O) groups is 1. The van der Waals surface area contributed by atoms with Crippen LogP contribution in [0.25, 0.3) is 11.0 Å². The Balaban J connectivity index is 1.89. The van der Waals surface area contributed by atoms with E-state index in [1.165, 1.54) is 42.5 Å². The van der Waals surface area contributed by atoms with Gasteiger partial charge in [0.05, 0.1) is 4.90 Å². The topological polar surface area (TPSA) is 102 Å². The second kappa shape index (κ2) is 5.73. The van der Waals surface area contributed by atoms with Gasteiger partial charge in [-0.1, -0.05) is 0 Å². The molecule has 0 aliphatic rings. The maximum Gasteiger partial charge on any atom is 0.291 e. The molecule has 0 saturated heterocycles. The van der Waals surface area contributed by atoms with Crippen LogP contribution in [0.15, 0.2) is 51.8 Å². The van der Waals surface area contributed by atoms with Crippen LogP contribution in [0.5, 0.6) is 0 Å². The van der Waals surface area contributed by atoms with E-state index in [4.69, 9.17) is 9.56 Å². The second-order valence-electron chi connectivity index (χ2n) is 5.22. The fraction of sp³-hybridized carbons (Fsp3) is 0.0625. The second-order valence-corrected chi connectivity index (χ2v) is 6.78. The maximum atomic E-state index is 13.3. The van der Waals surface area contributed by atoms with Crippen molar-refractivity contribution in [2.24, 2.45) is 5.14 Å². The molecule has 3 aromatic rings. The Kier molecular flexibility index (Phi) is 3.86. The molecule has 0 radical (unpaired) electrons. The first kappa shape index (κ1) is 16.2. The molecular formula is C16H13FN2O4S. The van der Waals surface area contributed by atoms with Crippen molar-refractivity contribution in [1.29, 1.82) is 0 Å². The quantitative estimate of drug-likeness (QED) is 0.759. The van der Waals surface area contributed by atoms with Gasteiger partial charge in [-0.3, -0.25) is 4.79 Å². The van der Waals surface area contributed by atoms with Gasteiger partial charge in [-0.25, -0.2) is 17.9 Å². The van der Waals surface area contributed by atoms with Crippen molar-refractivity contribution in [3.8, 4) is 0 Å². The Morgan fingerprint density at radius 3 is 2.46 bits per heavy atom. The SMILES string of the molecule is Cc1c(C(=O)Nc2ccc(S(N)(=O)=O)cc2)oc2ccc(F)cc12. The van der Waals surface area contributed by atoms with E-state index < -0.39 is 21.7 Å². The highest BCUT2D eigenvalue weighted by Gasteiger charge is 2.18. The Labute approximate surface area is 137 Å². The van der Waals surface area contributed by atoms with Crippen LogP contribution in [0.4, 0.5) is 10.1 Å². The summed E-state index contributed by atoms with van der Waals surface area (Å²) >= 11 is 0. The molecule has 0 saturated carbocycles. The Hall–Kier alpha value is -2.71. The van der Waals surface area contributed by atoms with E-state index in [0.717, 1.165) is 0 Å². The van der Waals surface area contributed by atoms with E-state index in [2.05, 4.69) is 5.32 Å². The van der Waals surface area contributed by atoms with Gasteiger partial charge in [0.25, 0.3) is 5.91 Å². The van der Waals surface area contributed by atoms with E-state index in [0.29, 0.717) is 22.2 Å². The molecule has 3 rings (SSSR count). The van der Waals surface area contributed by atoms with Crippen molar-refractivity contribution < 1.29 is 22.0 Å². The first-order valence-corrected chi connectivity index (χ1v) is 8.43. The van der Waals surface area contributed by atoms with Crippen LogP contribution in [-0.2, 0) is 10.0 Å². The Morgan fingerprint density at radius 2 is 1.83 bits per heavy atom. The lowest BCUT2D eigenvalue weighted by Gasteiger charge is -2.05. The summed E-state index contributed by atoms with van der Waals surface area (Å²) in [5.74, 6) is -0.879. The van der Waals surface area contributed by atoms with Gasteiger partial charge in [0, 0.05) is 16.6 Å². The summed E-state index contributed by atoms with van der Waals surface area (Å²) in [4.78, 5) is 12.3. The number of amides is 1. The van der Waals surface area contributed by atoms with Gasteiger partial charge in [0.1, 0.15) is 11.4 Å². The molecule has 0 atom stereocenters. The number of hydrogen-bond donors (Lipinski definition) is 2. The molecule has 0 bridgehead atoms. The van der Waals surface area contributed by atoms with Crippen molar-refractivity contribution in [3.63, 3.8) is 0 Å². The minimum Gasteiger partial charge on any atom is -0.451 e. The predicted molar refractivity (Wildman–Crippen MR) is 86.7 cm³/mol. The van der Waals surface area contributed by atoms with Crippen LogP contribution < -0.4 is 10.5 Å². The molecule has 1 amide bonds. The molecule has 1 heterocycles. The average molecular weight is 348 g/mol. The highest BCUT2D eigenvalue weighted by molar-refractivity contribution is 7.89. The zero-order chi connectivity index (χ0) is 17.5. The Morgan fingerprint density at radius 1 is 1.17 bits per heavy atom. The zero-order valence-corrected chi connectivity index (χ0v) is 13.4. The number of rotatable bonds is 3. The number of anilines is 1. The molecule has 0 aliphatic heterocycles. The van der Waals surface area contributed by atoms with Crippen LogP contribution in [-0.4, -0.2) is 14.3 Å². The summed E-state index contributed by atoms with van der Waals surface area (Å²) in [5.41, 5.74) is 1.30. The average Bonchev–Trinajstić information content (AvgIpc) is 2.84. The number of carbonyl (C=O) groups excluding carboxylic acids is 1. The molecule has 2 aromatic carbocycles. The predicted octanol–water partition coefficient (Wildman–Crippen LogP) is 2.78. The molecule has 0 aliphatic carbocycles. The first-order valence-electron chi connectivity index (χ1n) is 6.88. The van der Waals surface area contributed by atoms with E-state index in [1.54, 1.807) is 6.92 Å². The third-order valence-electron chi connectivity index (χ3n) is 3.55. The molecule has 3 N–H and O–H groups in total. The number of nitrogens with two attached hydrogens (primary N) is 1. The number of sulfonamides is 1. The van der Waals surface area contributed by atoms with E-state index >= 15 is 0 Å². The van der Waals surface area contributed by atoms with Crippen molar-refractivity contribution in [2.75, 3.05) is 5.32 Å². The summed E-state index contributed by atoms with van der Waals surface area (Å²) in [6.45, 7) is 1.66. The van der Waals surface area contributed by atoms with E-state index in [9.17, 15) is 17.6 Å². The van der Waals surface area contributed by atoms with Crippen LogP contribution in [0, 0.1) is 12.7 Å². The zero-order valence-electron chi connectivity index (χ0n) is 12.5. The normalized spacial score (nSPS) is 11.6. The minimum absolute atomic E-state index is 0.0594. The summed E-state index contributed by atoms with van der Waals surface area (Å²) in [5, 5.41) is 8.12. The number of aryl methyl sites for hydroxylation is 1. The highest BCUT2D eigenvalue weighted by Crippen LogP contribution is 2.26. The van der Waals surface area contributed by atoms with Crippen molar-refractivity contribution in [2.45, 2.75) is 11.8 Å². The monoisotopic (exact) mass is 348 g/mol. The standard InChI is InChI=1S/C16H13FN2O4S/c1-9-13-8-10(17)2-7-14(13)23-15(9)16(20)19-11-3-5-12(6-4-11)24(18,21)22/h2-8H,1H3,(H,19,20)(H2,18,21,22).